The SMILES string of the molecule is O=C(Cc1ccccc1)NCC(=O)Nc1ccc(NC(=O)c2ccco2)cc1. The normalized spacial score (nSPS) is 10.1. The highest BCUT2D eigenvalue weighted by Crippen LogP contribution is 2.14. The maximum atomic E-state index is 12.0. The summed E-state index contributed by atoms with van der Waals surface area (Å²) in [5.41, 5.74) is 2.00. The Balaban J connectivity index is 1.44. The predicted octanol–water partition coefficient (Wildman–Crippen LogP) is 2.83. The summed E-state index contributed by atoms with van der Waals surface area (Å²) in [6.07, 6.45) is 1.64. The quantitative estimate of drug-likeness (QED) is 0.589. The Labute approximate surface area is 161 Å². The zero-order valence-corrected chi connectivity index (χ0v) is 15.0. The first-order chi connectivity index (χ1) is 13.6. The summed E-state index contributed by atoms with van der Waals surface area (Å²) in [5, 5.41) is 7.96. The van der Waals surface area contributed by atoms with Gasteiger partial charge in [-0.2, -0.15) is 0 Å². The minimum Gasteiger partial charge on any atom is -0.459 e. The number of benzene rings is 2. The van der Waals surface area contributed by atoms with Crippen LogP contribution < -0.4 is 16.0 Å². The third-order valence-electron chi connectivity index (χ3n) is 3.83. The van der Waals surface area contributed by atoms with Crippen LogP contribution in [0.2, 0.25) is 0 Å². The molecule has 3 N–H and O–H groups in total. The minimum absolute atomic E-state index is 0.122. The lowest BCUT2D eigenvalue weighted by Gasteiger charge is -2.08. The van der Waals surface area contributed by atoms with E-state index in [1.165, 1.54) is 6.26 Å². The molecule has 28 heavy (non-hydrogen) atoms. The Morgan fingerprint density at radius 3 is 2.07 bits per heavy atom. The van der Waals surface area contributed by atoms with Crippen LogP contribution in [0.1, 0.15) is 16.1 Å². The molecule has 7 heteroatoms. The van der Waals surface area contributed by atoms with Crippen molar-refractivity contribution in [2.45, 2.75) is 6.42 Å². The van der Waals surface area contributed by atoms with Crippen molar-refractivity contribution in [3.63, 3.8) is 0 Å². The van der Waals surface area contributed by atoms with E-state index in [1.54, 1.807) is 36.4 Å². The molecule has 142 valence electrons. The second-order valence-electron chi connectivity index (χ2n) is 6.00. The molecule has 0 unspecified atom stereocenters. The van der Waals surface area contributed by atoms with Crippen LogP contribution in [0.25, 0.3) is 0 Å². The van der Waals surface area contributed by atoms with Gasteiger partial charge in [0.15, 0.2) is 5.76 Å². The molecule has 0 saturated heterocycles. The van der Waals surface area contributed by atoms with Crippen molar-refractivity contribution in [3.8, 4) is 0 Å². The highest BCUT2D eigenvalue weighted by atomic mass is 16.3. The largest absolute Gasteiger partial charge is 0.459 e. The van der Waals surface area contributed by atoms with Gasteiger partial charge in [0.1, 0.15) is 0 Å². The topological polar surface area (TPSA) is 100 Å². The van der Waals surface area contributed by atoms with E-state index in [2.05, 4.69) is 16.0 Å². The van der Waals surface area contributed by atoms with E-state index in [4.69, 9.17) is 4.42 Å². The van der Waals surface area contributed by atoms with Gasteiger partial charge in [-0.3, -0.25) is 14.4 Å². The Morgan fingerprint density at radius 2 is 1.43 bits per heavy atom. The van der Waals surface area contributed by atoms with Crippen molar-refractivity contribution in [2.75, 3.05) is 17.2 Å². The van der Waals surface area contributed by atoms with Gasteiger partial charge in [0, 0.05) is 11.4 Å². The molecular formula is C21H19N3O4. The van der Waals surface area contributed by atoms with E-state index in [9.17, 15) is 14.4 Å². The average Bonchev–Trinajstić information content (AvgIpc) is 3.24. The van der Waals surface area contributed by atoms with Crippen LogP contribution in [-0.2, 0) is 16.0 Å². The van der Waals surface area contributed by atoms with Gasteiger partial charge >= 0.3 is 0 Å². The smallest absolute Gasteiger partial charge is 0.291 e. The van der Waals surface area contributed by atoms with Gasteiger partial charge in [0.2, 0.25) is 11.8 Å². The number of rotatable bonds is 7. The maximum Gasteiger partial charge on any atom is 0.291 e. The van der Waals surface area contributed by atoms with Gasteiger partial charge in [-0.05, 0) is 42.0 Å². The van der Waals surface area contributed by atoms with Crippen LogP contribution in [0.3, 0.4) is 0 Å². The summed E-state index contributed by atoms with van der Waals surface area (Å²) < 4.78 is 5.02. The zero-order chi connectivity index (χ0) is 19.8. The molecule has 0 fully saturated rings. The second kappa shape index (κ2) is 9.18. The number of anilines is 2. The monoisotopic (exact) mass is 377 g/mol. The fourth-order valence-electron chi connectivity index (χ4n) is 2.47. The van der Waals surface area contributed by atoms with Gasteiger partial charge in [-0.1, -0.05) is 30.3 Å². The fourth-order valence-corrected chi connectivity index (χ4v) is 2.47. The molecule has 0 atom stereocenters. The van der Waals surface area contributed by atoms with E-state index in [1.807, 2.05) is 30.3 Å². The maximum absolute atomic E-state index is 12.0. The molecule has 7 nitrogen and oxygen atoms in total. The van der Waals surface area contributed by atoms with Gasteiger partial charge in [-0.15, -0.1) is 0 Å². The first-order valence-corrected chi connectivity index (χ1v) is 8.65. The van der Waals surface area contributed by atoms with E-state index < -0.39 is 0 Å². The molecule has 3 rings (SSSR count). The molecule has 0 aliphatic heterocycles. The molecule has 1 heterocycles. The lowest BCUT2D eigenvalue weighted by Crippen LogP contribution is -2.33. The molecule has 0 aliphatic rings. The van der Waals surface area contributed by atoms with Crippen LogP contribution in [0.15, 0.2) is 77.4 Å². The first kappa shape index (κ1) is 18.9. The van der Waals surface area contributed by atoms with Crippen molar-refractivity contribution < 1.29 is 18.8 Å². The van der Waals surface area contributed by atoms with Gasteiger partial charge in [0.25, 0.3) is 5.91 Å². The van der Waals surface area contributed by atoms with Gasteiger partial charge < -0.3 is 20.4 Å². The van der Waals surface area contributed by atoms with Crippen LogP contribution >= 0.6 is 0 Å². The number of carbonyl (C=O) groups excluding carboxylic acids is 3. The van der Waals surface area contributed by atoms with E-state index in [0.29, 0.717) is 11.4 Å². The molecule has 0 saturated carbocycles. The molecule has 1 aromatic heterocycles. The Morgan fingerprint density at radius 1 is 0.750 bits per heavy atom. The van der Waals surface area contributed by atoms with Crippen molar-refractivity contribution in [1.82, 2.24) is 5.32 Å². The summed E-state index contributed by atoms with van der Waals surface area (Å²) in [5.74, 6) is -0.711. The third kappa shape index (κ3) is 5.57. The first-order valence-electron chi connectivity index (χ1n) is 8.65. The minimum atomic E-state index is -0.358. The molecule has 0 spiro atoms. The average molecular weight is 377 g/mol. The van der Waals surface area contributed by atoms with Crippen molar-refractivity contribution in [1.29, 1.82) is 0 Å². The van der Waals surface area contributed by atoms with Crippen LogP contribution in [-0.4, -0.2) is 24.3 Å². The van der Waals surface area contributed by atoms with Gasteiger partial charge in [-0.25, -0.2) is 0 Å². The van der Waals surface area contributed by atoms with Crippen molar-refractivity contribution >= 4 is 29.1 Å². The number of hydrogen-bond acceptors (Lipinski definition) is 4. The lowest BCUT2D eigenvalue weighted by atomic mass is 10.1. The Bertz CT molecular complexity index is 936. The van der Waals surface area contributed by atoms with Crippen LogP contribution in [0, 0.1) is 0 Å². The standard InChI is InChI=1S/C21H19N3O4/c25-19(13-15-5-2-1-3-6-15)22-14-20(26)23-16-8-10-17(11-9-16)24-21(27)18-7-4-12-28-18/h1-12H,13-14H2,(H,22,25)(H,23,26)(H,24,27). The Kier molecular flexibility index (Phi) is 6.20. The number of amides is 3. The summed E-state index contributed by atoms with van der Waals surface area (Å²) in [6.45, 7) is -0.122. The number of furan rings is 1. The van der Waals surface area contributed by atoms with Crippen LogP contribution in [0.4, 0.5) is 11.4 Å². The summed E-state index contributed by atoms with van der Waals surface area (Å²) in [6, 6.07) is 19.1. The second-order valence-corrected chi connectivity index (χ2v) is 6.00. The molecule has 3 aromatic rings. The molecule has 2 aromatic carbocycles. The number of carbonyl (C=O) groups is 3. The van der Waals surface area contributed by atoms with E-state index in [0.717, 1.165) is 5.56 Å². The molecular weight excluding hydrogens is 358 g/mol. The highest BCUT2D eigenvalue weighted by molar-refractivity contribution is 6.02. The molecule has 0 radical (unpaired) electrons. The van der Waals surface area contributed by atoms with E-state index in [-0.39, 0.29) is 36.4 Å². The Hall–Kier alpha value is -3.87. The highest BCUT2D eigenvalue weighted by Gasteiger charge is 2.09. The summed E-state index contributed by atoms with van der Waals surface area (Å²) in [4.78, 5) is 35.8. The molecule has 0 bridgehead atoms. The zero-order valence-electron chi connectivity index (χ0n) is 15.0. The van der Waals surface area contributed by atoms with E-state index >= 15 is 0 Å². The predicted molar refractivity (Wildman–Crippen MR) is 105 cm³/mol. The number of nitrogens with one attached hydrogen (secondary N) is 3. The van der Waals surface area contributed by atoms with Crippen molar-refractivity contribution in [3.05, 3.63) is 84.3 Å². The van der Waals surface area contributed by atoms with Crippen molar-refractivity contribution in [2.24, 2.45) is 0 Å². The number of hydrogen-bond donors (Lipinski definition) is 3. The summed E-state index contributed by atoms with van der Waals surface area (Å²) >= 11 is 0. The summed E-state index contributed by atoms with van der Waals surface area (Å²) in [7, 11) is 0. The van der Waals surface area contributed by atoms with Crippen LogP contribution in [0.5, 0.6) is 0 Å². The lowest BCUT2D eigenvalue weighted by molar-refractivity contribution is -0.123. The van der Waals surface area contributed by atoms with Gasteiger partial charge in [0.05, 0.1) is 19.2 Å². The third-order valence-corrected chi connectivity index (χ3v) is 3.83. The fraction of sp³-hybridized carbons (Fsp3) is 0.0952. The molecule has 0 aliphatic carbocycles. The molecule has 3 amide bonds.